The molecular formula is C24H35N5O2. The Morgan fingerprint density at radius 2 is 1.65 bits per heavy atom. The summed E-state index contributed by atoms with van der Waals surface area (Å²) in [5.74, 6) is 1.58. The summed E-state index contributed by atoms with van der Waals surface area (Å²) >= 11 is 0. The minimum atomic E-state index is 0.116. The number of carbonyl (C=O) groups is 2. The number of carbonyl (C=O) groups excluding carboxylic acids is 2. The number of imidazole rings is 1. The van der Waals surface area contributed by atoms with Gasteiger partial charge >= 0.3 is 0 Å². The van der Waals surface area contributed by atoms with Gasteiger partial charge in [-0.25, -0.2) is 4.98 Å². The van der Waals surface area contributed by atoms with Gasteiger partial charge in [0.2, 0.25) is 5.91 Å². The van der Waals surface area contributed by atoms with E-state index in [4.69, 9.17) is 4.98 Å². The molecule has 168 valence electrons. The van der Waals surface area contributed by atoms with E-state index in [1.54, 1.807) is 0 Å². The fraction of sp³-hybridized carbons (Fsp3) is 0.625. The molecule has 2 aliphatic rings. The Morgan fingerprint density at radius 3 is 2.29 bits per heavy atom. The predicted molar refractivity (Wildman–Crippen MR) is 122 cm³/mol. The predicted octanol–water partition coefficient (Wildman–Crippen LogP) is 2.89. The van der Waals surface area contributed by atoms with Crippen molar-refractivity contribution in [2.24, 2.45) is 13.0 Å². The molecule has 1 aromatic carbocycles. The highest BCUT2D eigenvalue weighted by molar-refractivity contribution is 5.97. The number of nitrogens with zero attached hydrogens (tertiary/aromatic N) is 5. The molecule has 2 aliphatic heterocycles. The van der Waals surface area contributed by atoms with Gasteiger partial charge in [-0.05, 0) is 43.9 Å². The van der Waals surface area contributed by atoms with Crippen molar-refractivity contribution in [3.8, 4) is 0 Å². The first kappa shape index (κ1) is 21.8. The summed E-state index contributed by atoms with van der Waals surface area (Å²) < 4.78 is 2.13. The standard InChI is InChI=1S/C24H35N5O2/c1-4-18(5-2)23(30)29-14-12-27(13-15-29)17-22-25-20-16-19(8-9-21(20)26(22)3)24(31)28-10-6-7-11-28/h8-9,16,18H,4-7,10-15,17H2,1-3H3. The monoisotopic (exact) mass is 425 g/mol. The number of likely N-dealkylation sites (tertiary alicyclic amines) is 1. The van der Waals surface area contributed by atoms with Gasteiger partial charge in [0.25, 0.3) is 5.91 Å². The van der Waals surface area contributed by atoms with Crippen LogP contribution in [0.15, 0.2) is 18.2 Å². The maximum absolute atomic E-state index is 12.7. The van der Waals surface area contributed by atoms with Crippen LogP contribution in [-0.4, -0.2) is 75.3 Å². The van der Waals surface area contributed by atoms with Crippen molar-refractivity contribution < 1.29 is 9.59 Å². The van der Waals surface area contributed by atoms with Crippen LogP contribution in [0, 0.1) is 5.92 Å². The Morgan fingerprint density at radius 1 is 0.968 bits per heavy atom. The molecule has 0 saturated carbocycles. The van der Waals surface area contributed by atoms with Gasteiger partial charge in [-0.3, -0.25) is 14.5 Å². The van der Waals surface area contributed by atoms with Crippen LogP contribution in [0.4, 0.5) is 0 Å². The van der Waals surface area contributed by atoms with Crippen molar-refractivity contribution in [3.63, 3.8) is 0 Å². The highest BCUT2D eigenvalue weighted by Gasteiger charge is 2.26. The molecular weight excluding hydrogens is 390 g/mol. The third-order valence-electron chi connectivity index (χ3n) is 7.00. The maximum Gasteiger partial charge on any atom is 0.253 e. The van der Waals surface area contributed by atoms with Crippen molar-refractivity contribution >= 4 is 22.8 Å². The Kier molecular flexibility index (Phi) is 6.60. The van der Waals surface area contributed by atoms with Gasteiger partial charge < -0.3 is 14.4 Å². The normalized spacial score (nSPS) is 17.8. The number of aromatic nitrogens is 2. The number of benzene rings is 1. The van der Waals surface area contributed by atoms with Crippen LogP contribution < -0.4 is 0 Å². The van der Waals surface area contributed by atoms with E-state index in [-0.39, 0.29) is 11.8 Å². The van der Waals surface area contributed by atoms with Crippen LogP contribution in [0.3, 0.4) is 0 Å². The zero-order valence-electron chi connectivity index (χ0n) is 19.1. The molecule has 2 fully saturated rings. The number of aryl methyl sites for hydroxylation is 1. The van der Waals surface area contributed by atoms with Crippen molar-refractivity contribution in [1.29, 1.82) is 0 Å². The van der Waals surface area contributed by atoms with Crippen molar-refractivity contribution in [2.75, 3.05) is 39.3 Å². The second kappa shape index (κ2) is 9.39. The SMILES string of the molecule is CCC(CC)C(=O)N1CCN(Cc2nc3cc(C(=O)N4CCCC4)ccc3n2C)CC1. The second-order valence-electron chi connectivity index (χ2n) is 8.90. The zero-order chi connectivity index (χ0) is 22.0. The highest BCUT2D eigenvalue weighted by atomic mass is 16.2. The molecule has 0 radical (unpaired) electrons. The van der Waals surface area contributed by atoms with E-state index in [2.05, 4.69) is 23.3 Å². The molecule has 2 aromatic rings. The number of hydrogen-bond donors (Lipinski definition) is 0. The molecule has 1 aromatic heterocycles. The van der Waals surface area contributed by atoms with Gasteiger partial charge in [0.15, 0.2) is 0 Å². The van der Waals surface area contributed by atoms with Crippen LogP contribution in [0.25, 0.3) is 11.0 Å². The summed E-state index contributed by atoms with van der Waals surface area (Å²) in [5, 5.41) is 0. The van der Waals surface area contributed by atoms with E-state index < -0.39 is 0 Å². The van der Waals surface area contributed by atoms with E-state index in [1.165, 1.54) is 0 Å². The van der Waals surface area contributed by atoms with Gasteiger partial charge in [-0.1, -0.05) is 13.8 Å². The number of hydrogen-bond acceptors (Lipinski definition) is 4. The van der Waals surface area contributed by atoms with E-state index >= 15 is 0 Å². The van der Waals surface area contributed by atoms with E-state index in [0.29, 0.717) is 5.91 Å². The average Bonchev–Trinajstić information content (AvgIpc) is 3.43. The van der Waals surface area contributed by atoms with E-state index in [0.717, 1.165) is 93.9 Å². The molecule has 7 nitrogen and oxygen atoms in total. The molecule has 2 amide bonds. The van der Waals surface area contributed by atoms with E-state index in [9.17, 15) is 9.59 Å². The zero-order valence-corrected chi connectivity index (χ0v) is 19.1. The molecule has 0 spiro atoms. The molecule has 0 unspecified atom stereocenters. The fourth-order valence-electron chi connectivity index (χ4n) is 4.85. The van der Waals surface area contributed by atoms with Crippen LogP contribution in [0.2, 0.25) is 0 Å². The molecule has 3 heterocycles. The second-order valence-corrected chi connectivity index (χ2v) is 8.90. The Balaban J connectivity index is 1.41. The summed E-state index contributed by atoms with van der Waals surface area (Å²) in [6.07, 6.45) is 4.02. The average molecular weight is 426 g/mol. The first-order chi connectivity index (χ1) is 15.0. The van der Waals surface area contributed by atoms with Gasteiger partial charge in [0.05, 0.1) is 17.6 Å². The van der Waals surface area contributed by atoms with Crippen LogP contribution in [-0.2, 0) is 18.4 Å². The molecule has 7 heteroatoms. The molecule has 0 atom stereocenters. The number of fused-ring (bicyclic) bond motifs is 1. The van der Waals surface area contributed by atoms with Gasteiger partial charge in [-0.2, -0.15) is 0 Å². The van der Waals surface area contributed by atoms with Gasteiger partial charge in [-0.15, -0.1) is 0 Å². The van der Waals surface area contributed by atoms with Crippen LogP contribution in [0.5, 0.6) is 0 Å². The third kappa shape index (κ3) is 4.47. The Hall–Kier alpha value is -2.41. The largest absolute Gasteiger partial charge is 0.340 e. The van der Waals surface area contributed by atoms with Crippen LogP contribution >= 0.6 is 0 Å². The van der Waals surface area contributed by atoms with Gasteiger partial charge in [0.1, 0.15) is 5.82 Å². The summed E-state index contributed by atoms with van der Waals surface area (Å²) in [7, 11) is 2.04. The van der Waals surface area contributed by atoms with Crippen molar-refractivity contribution in [3.05, 3.63) is 29.6 Å². The molecule has 0 N–H and O–H groups in total. The van der Waals surface area contributed by atoms with Crippen molar-refractivity contribution in [2.45, 2.75) is 46.1 Å². The summed E-state index contributed by atoms with van der Waals surface area (Å²) in [4.78, 5) is 36.6. The lowest BCUT2D eigenvalue weighted by Gasteiger charge is -2.36. The van der Waals surface area contributed by atoms with Gasteiger partial charge in [0, 0.05) is 57.8 Å². The Labute approximate surface area is 185 Å². The minimum Gasteiger partial charge on any atom is -0.340 e. The lowest BCUT2D eigenvalue weighted by Crippen LogP contribution is -2.50. The van der Waals surface area contributed by atoms with Crippen molar-refractivity contribution in [1.82, 2.24) is 24.3 Å². The molecule has 0 aliphatic carbocycles. The molecule has 31 heavy (non-hydrogen) atoms. The Bertz CT molecular complexity index is 935. The maximum atomic E-state index is 12.7. The fourth-order valence-corrected chi connectivity index (χ4v) is 4.85. The highest BCUT2D eigenvalue weighted by Crippen LogP contribution is 2.21. The lowest BCUT2D eigenvalue weighted by molar-refractivity contribution is -0.137. The molecule has 2 saturated heterocycles. The number of piperazine rings is 1. The van der Waals surface area contributed by atoms with E-state index in [1.807, 2.05) is 35.0 Å². The quantitative estimate of drug-likeness (QED) is 0.714. The topological polar surface area (TPSA) is 61.7 Å². The minimum absolute atomic E-state index is 0.116. The summed E-state index contributed by atoms with van der Waals surface area (Å²) in [6.45, 7) is 9.97. The third-order valence-corrected chi connectivity index (χ3v) is 7.00. The molecule has 4 rings (SSSR count). The van der Waals surface area contributed by atoms with Crippen LogP contribution in [0.1, 0.15) is 55.7 Å². The lowest BCUT2D eigenvalue weighted by atomic mass is 10.0. The first-order valence-corrected chi connectivity index (χ1v) is 11.8. The smallest absolute Gasteiger partial charge is 0.253 e. The number of amides is 2. The summed E-state index contributed by atoms with van der Waals surface area (Å²) in [6, 6.07) is 5.88. The first-order valence-electron chi connectivity index (χ1n) is 11.8. The summed E-state index contributed by atoms with van der Waals surface area (Å²) in [5.41, 5.74) is 2.66. The number of rotatable bonds is 6. The molecule has 0 bridgehead atoms.